The van der Waals surface area contributed by atoms with E-state index in [0.29, 0.717) is 22.9 Å². The Kier molecular flexibility index (Phi) is 5.90. The molecule has 1 N–H and O–H groups in total. The summed E-state index contributed by atoms with van der Waals surface area (Å²) in [4.78, 5) is 16.7. The zero-order valence-corrected chi connectivity index (χ0v) is 18.2. The van der Waals surface area contributed by atoms with E-state index in [9.17, 15) is 10.1 Å². The van der Waals surface area contributed by atoms with Crippen molar-refractivity contribution < 1.29 is 9.53 Å². The van der Waals surface area contributed by atoms with Gasteiger partial charge >= 0.3 is 0 Å². The highest BCUT2D eigenvalue weighted by molar-refractivity contribution is 6.03. The number of nitriles is 1. The summed E-state index contributed by atoms with van der Waals surface area (Å²) >= 11 is 0. The van der Waals surface area contributed by atoms with E-state index in [0.717, 1.165) is 29.1 Å². The minimum Gasteiger partial charge on any atom is -0.480 e. The molecule has 1 aliphatic heterocycles. The van der Waals surface area contributed by atoms with Crippen LogP contribution in [0.15, 0.2) is 35.4 Å². The molecule has 4 rings (SSSR count). The van der Waals surface area contributed by atoms with Crippen LogP contribution in [-0.2, 0) is 0 Å². The summed E-state index contributed by atoms with van der Waals surface area (Å²) in [6.07, 6.45) is 5.70. The Balaban J connectivity index is 1.71. The van der Waals surface area contributed by atoms with E-state index in [1.165, 1.54) is 32.8 Å². The second-order valence-corrected chi connectivity index (χ2v) is 8.15. The topological polar surface area (TPSA) is 90.6 Å². The third-order valence-corrected chi connectivity index (χ3v) is 6.31. The van der Waals surface area contributed by atoms with Gasteiger partial charge in [0, 0.05) is 13.5 Å². The van der Waals surface area contributed by atoms with Crippen molar-refractivity contribution in [3.8, 4) is 11.9 Å². The molecule has 1 saturated carbocycles. The summed E-state index contributed by atoms with van der Waals surface area (Å²) in [5.41, 5.74) is 4.64. The van der Waals surface area contributed by atoms with Crippen LogP contribution >= 0.6 is 0 Å². The number of methoxy groups -OCH3 is 1. The molecule has 1 aromatic carbocycles. The first kappa shape index (κ1) is 20.9. The highest BCUT2D eigenvalue weighted by Gasteiger charge is 2.36. The van der Waals surface area contributed by atoms with Gasteiger partial charge in [0.15, 0.2) is 0 Å². The number of rotatable bonds is 5. The van der Waals surface area contributed by atoms with Crippen LogP contribution < -0.4 is 15.1 Å². The molecule has 2 aliphatic rings. The Morgan fingerprint density at radius 2 is 2.03 bits per heavy atom. The number of benzene rings is 1. The predicted molar refractivity (Wildman–Crippen MR) is 119 cm³/mol. The second-order valence-electron chi connectivity index (χ2n) is 8.15. The number of carbonyl (C=O) groups is 1. The van der Waals surface area contributed by atoms with Gasteiger partial charge in [-0.05, 0) is 61.6 Å². The number of aromatic nitrogens is 1. The summed E-state index contributed by atoms with van der Waals surface area (Å²) in [6, 6.07) is 11.9. The zero-order chi connectivity index (χ0) is 22.0. The maximum atomic E-state index is 12.1. The van der Waals surface area contributed by atoms with Gasteiger partial charge in [0.2, 0.25) is 5.88 Å². The Labute approximate surface area is 182 Å². The molecule has 0 saturated heterocycles. The minimum absolute atomic E-state index is 0.234. The van der Waals surface area contributed by atoms with Crippen LogP contribution in [0.1, 0.15) is 59.3 Å². The van der Waals surface area contributed by atoms with E-state index in [1.54, 1.807) is 13.1 Å². The molecular formula is C24H27N5O2. The first-order valence-electron chi connectivity index (χ1n) is 10.7. The lowest BCUT2D eigenvalue weighted by Gasteiger charge is -2.28. The molecular weight excluding hydrogens is 390 g/mol. The molecule has 7 heteroatoms. The highest BCUT2D eigenvalue weighted by Crippen LogP contribution is 2.38. The summed E-state index contributed by atoms with van der Waals surface area (Å²) < 4.78 is 5.38. The Hall–Kier alpha value is -3.40. The van der Waals surface area contributed by atoms with E-state index in [1.807, 2.05) is 31.2 Å². The van der Waals surface area contributed by atoms with Crippen LogP contribution in [0.3, 0.4) is 0 Å². The van der Waals surface area contributed by atoms with Crippen LogP contribution in [0.5, 0.6) is 5.88 Å². The number of amides is 1. The number of pyridine rings is 1. The maximum absolute atomic E-state index is 12.1. The van der Waals surface area contributed by atoms with Gasteiger partial charge in [-0.1, -0.05) is 12.8 Å². The van der Waals surface area contributed by atoms with Crippen molar-refractivity contribution >= 4 is 17.3 Å². The molecule has 7 nitrogen and oxygen atoms in total. The molecule has 31 heavy (non-hydrogen) atoms. The van der Waals surface area contributed by atoms with Gasteiger partial charge in [0.25, 0.3) is 5.91 Å². The van der Waals surface area contributed by atoms with Gasteiger partial charge in [-0.2, -0.15) is 10.4 Å². The van der Waals surface area contributed by atoms with Crippen molar-refractivity contribution in [1.29, 1.82) is 5.26 Å². The number of hydrogen-bond acceptors (Lipinski definition) is 6. The first-order chi connectivity index (χ1) is 15.0. The fourth-order valence-electron chi connectivity index (χ4n) is 4.62. The van der Waals surface area contributed by atoms with Gasteiger partial charge in [-0.3, -0.25) is 9.80 Å². The van der Waals surface area contributed by atoms with Gasteiger partial charge in [-0.15, -0.1) is 0 Å². The van der Waals surface area contributed by atoms with E-state index in [-0.39, 0.29) is 11.9 Å². The van der Waals surface area contributed by atoms with Gasteiger partial charge in [-0.25, -0.2) is 4.98 Å². The van der Waals surface area contributed by atoms with Crippen LogP contribution in [0.4, 0.5) is 5.69 Å². The van der Waals surface area contributed by atoms with Gasteiger partial charge in [0.1, 0.15) is 5.56 Å². The summed E-state index contributed by atoms with van der Waals surface area (Å²) in [7, 11) is 3.10. The van der Waals surface area contributed by atoms with E-state index >= 15 is 0 Å². The molecule has 2 aromatic rings. The van der Waals surface area contributed by atoms with Crippen LogP contribution in [0, 0.1) is 24.2 Å². The third kappa shape index (κ3) is 3.98. The van der Waals surface area contributed by atoms with E-state index in [2.05, 4.69) is 21.4 Å². The fourth-order valence-corrected chi connectivity index (χ4v) is 4.62. The zero-order valence-electron chi connectivity index (χ0n) is 18.2. The number of nitrogens with zero attached hydrogens (tertiary/aromatic N) is 4. The molecule has 160 valence electrons. The van der Waals surface area contributed by atoms with Gasteiger partial charge in [0.05, 0.1) is 41.9 Å². The van der Waals surface area contributed by atoms with Crippen molar-refractivity contribution in [2.75, 3.05) is 19.2 Å². The largest absolute Gasteiger partial charge is 0.480 e. The monoisotopic (exact) mass is 417 g/mol. The van der Waals surface area contributed by atoms with E-state index < -0.39 is 0 Å². The quantitative estimate of drug-likeness (QED) is 0.799. The molecule has 1 aromatic heterocycles. The standard InChI is InChI=1S/C24H27N5O2/c1-15-12-18(9-8-17(15)14-25)29-22(16-6-4-5-7-16)13-21(28-29)20-11-10-19(23(30)26-2)24(27-20)31-3/h8-12,16,22H,4-7,13H2,1-3H3,(H,26,30). The molecule has 0 radical (unpaired) electrons. The minimum atomic E-state index is -0.234. The number of anilines is 1. The van der Waals surface area contributed by atoms with Crippen molar-refractivity contribution in [2.24, 2.45) is 11.0 Å². The third-order valence-electron chi connectivity index (χ3n) is 6.31. The summed E-state index contributed by atoms with van der Waals surface area (Å²) in [6.45, 7) is 1.96. The molecule has 2 heterocycles. The number of hydrazone groups is 1. The van der Waals surface area contributed by atoms with Crippen LogP contribution in [0.25, 0.3) is 0 Å². The average Bonchev–Trinajstić information content (AvgIpc) is 3.48. The van der Waals surface area contributed by atoms with Crippen LogP contribution in [0.2, 0.25) is 0 Å². The lowest BCUT2D eigenvalue weighted by atomic mass is 9.92. The molecule has 1 amide bonds. The van der Waals surface area contributed by atoms with Crippen molar-refractivity contribution in [3.63, 3.8) is 0 Å². The first-order valence-corrected chi connectivity index (χ1v) is 10.7. The lowest BCUT2D eigenvalue weighted by Crippen LogP contribution is -2.32. The van der Waals surface area contributed by atoms with E-state index in [4.69, 9.17) is 9.84 Å². The van der Waals surface area contributed by atoms with Crippen molar-refractivity contribution in [2.45, 2.75) is 45.1 Å². The maximum Gasteiger partial charge on any atom is 0.256 e. The molecule has 0 bridgehead atoms. The van der Waals surface area contributed by atoms with Gasteiger partial charge < -0.3 is 10.1 Å². The SMILES string of the molecule is CNC(=O)c1ccc(C2=NN(c3ccc(C#N)c(C)c3)C(C3CCCC3)C2)nc1OC. The predicted octanol–water partition coefficient (Wildman–Crippen LogP) is 3.80. The van der Waals surface area contributed by atoms with Crippen molar-refractivity contribution in [1.82, 2.24) is 10.3 Å². The lowest BCUT2D eigenvalue weighted by molar-refractivity contribution is 0.0959. The molecule has 1 fully saturated rings. The number of ether oxygens (including phenoxy) is 1. The molecule has 1 atom stereocenters. The number of nitrogens with one attached hydrogen (secondary N) is 1. The normalized spacial score (nSPS) is 18.6. The number of hydrogen-bond donors (Lipinski definition) is 1. The smallest absolute Gasteiger partial charge is 0.256 e. The number of aryl methyl sites for hydroxylation is 1. The summed E-state index contributed by atoms with van der Waals surface area (Å²) in [5, 5.41) is 19.0. The highest BCUT2D eigenvalue weighted by atomic mass is 16.5. The Bertz CT molecular complexity index is 1070. The molecule has 0 spiro atoms. The number of carbonyl (C=O) groups excluding carboxylic acids is 1. The fraction of sp³-hybridized carbons (Fsp3) is 0.417. The Morgan fingerprint density at radius 3 is 2.68 bits per heavy atom. The van der Waals surface area contributed by atoms with Crippen molar-refractivity contribution in [3.05, 3.63) is 52.7 Å². The second kappa shape index (κ2) is 8.76. The Morgan fingerprint density at radius 1 is 1.26 bits per heavy atom. The van der Waals surface area contributed by atoms with Crippen LogP contribution in [-0.4, -0.2) is 36.8 Å². The molecule has 1 unspecified atom stereocenters. The average molecular weight is 418 g/mol. The summed E-state index contributed by atoms with van der Waals surface area (Å²) in [5.74, 6) is 0.636. The molecule has 1 aliphatic carbocycles.